The van der Waals surface area contributed by atoms with Crippen LogP contribution in [0, 0.1) is 6.92 Å². The molecule has 0 heterocycles. The van der Waals surface area contributed by atoms with Gasteiger partial charge >= 0.3 is 5.97 Å². The maximum absolute atomic E-state index is 12.6. The molecule has 0 spiro atoms. The monoisotopic (exact) mass is 425 g/mol. The summed E-state index contributed by atoms with van der Waals surface area (Å²) in [4.78, 5) is 24.1. The number of carboxylic acids is 1. The van der Waals surface area contributed by atoms with E-state index in [9.17, 15) is 14.7 Å². The van der Waals surface area contributed by atoms with E-state index in [4.69, 9.17) is 9.47 Å². The van der Waals surface area contributed by atoms with Crippen LogP contribution in [0.3, 0.4) is 0 Å². The Morgan fingerprint density at radius 2 is 1.87 bits per heavy atom. The number of amides is 1. The first-order valence-corrected chi connectivity index (χ1v) is 10.3. The molecule has 0 aliphatic heterocycles. The predicted molar refractivity (Wildman–Crippen MR) is 121 cm³/mol. The van der Waals surface area contributed by atoms with Crippen LogP contribution >= 0.6 is 0 Å². The highest BCUT2D eigenvalue weighted by Gasteiger charge is 2.21. The van der Waals surface area contributed by atoms with Crippen molar-refractivity contribution in [2.45, 2.75) is 52.9 Å². The summed E-state index contributed by atoms with van der Waals surface area (Å²) in [5.41, 5.74) is 4.26. The smallest absolute Gasteiger partial charge is 0.333 e. The van der Waals surface area contributed by atoms with Gasteiger partial charge in [-0.2, -0.15) is 0 Å². The average Bonchev–Trinajstić information content (AvgIpc) is 2.72. The van der Waals surface area contributed by atoms with E-state index in [2.05, 4.69) is 5.32 Å². The number of rotatable bonds is 10. The zero-order valence-electron chi connectivity index (χ0n) is 18.8. The Morgan fingerprint density at radius 1 is 1.16 bits per heavy atom. The molecule has 2 N–H and O–H groups in total. The van der Waals surface area contributed by atoms with Gasteiger partial charge in [0.2, 0.25) is 5.91 Å². The van der Waals surface area contributed by atoms with Crippen molar-refractivity contribution in [1.82, 2.24) is 5.32 Å². The number of carbonyl (C=O) groups excluding carboxylic acids is 1. The fraction of sp³-hybridized carbons (Fsp3) is 0.360. The van der Waals surface area contributed by atoms with Crippen LogP contribution < -0.4 is 10.1 Å². The molecule has 6 heteroatoms. The fourth-order valence-corrected chi connectivity index (χ4v) is 3.20. The van der Waals surface area contributed by atoms with E-state index in [0.717, 1.165) is 22.3 Å². The van der Waals surface area contributed by atoms with Crippen molar-refractivity contribution in [3.05, 3.63) is 70.3 Å². The lowest BCUT2D eigenvalue weighted by molar-refractivity contribution is -0.153. The van der Waals surface area contributed by atoms with Gasteiger partial charge in [-0.05, 0) is 56.5 Å². The van der Waals surface area contributed by atoms with E-state index in [1.54, 1.807) is 33.9 Å². The van der Waals surface area contributed by atoms with Crippen molar-refractivity contribution < 1.29 is 24.2 Å². The highest BCUT2D eigenvalue weighted by molar-refractivity contribution is 5.97. The van der Waals surface area contributed by atoms with Crippen LogP contribution in [0.2, 0.25) is 0 Å². The number of aryl methyl sites for hydroxylation is 1. The number of carbonyl (C=O) groups is 2. The van der Waals surface area contributed by atoms with Crippen LogP contribution in [0.25, 0.3) is 6.08 Å². The summed E-state index contributed by atoms with van der Waals surface area (Å²) < 4.78 is 10.9. The molecule has 2 rings (SSSR count). The van der Waals surface area contributed by atoms with Gasteiger partial charge in [-0.1, -0.05) is 36.4 Å². The van der Waals surface area contributed by atoms with E-state index in [1.807, 2.05) is 49.4 Å². The van der Waals surface area contributed by atoms with Crippen LogP contribution in [0.5, 0.6) is 5.75 Å². The van der Waals surface area contributed by atoms with Gasteiger partial charge in [0.05, 0.1) is 13.2 Å². The lowest BCUT2D eigenvalue weighted by Crippen LogP contribution is -2.29. The first kappa shape index (κ1) is 24.2. The molecule has 0 bridgehead atoms. The molecule has 2 aromatic rings. The summed E-state index contributed by atoms with van der Waals surface area (Å²) >= 11 is 0. The minimum Gasteiger partial charge on any atom is -0.496 e. The molecule has 0 radical (unpaired) electrons. The van der Waals surface area contributed by atoms with E-state index < -0.39 is 12.1 Å². The second-order valence-electron chi connectivity index (χ2n) is 7.73. The Balaban J connectivity index is 2.13. The molecule has 0 saturated heterocycles. The number of benzene rings is 2. The first-order valence-electron chi connectivity index (χ1n) is 10.3. The van der Waals surface area contributed by atoms with Crippen LogP contribution in [-0.4, -0.2) is 36.3 Å². The Morgan fingerprint density at radius 3 is 2.48 bits per heavy atom. The molecule has 31 heavy (non-hydrogen) atoms. The summed E-state index contributed by atoms with van der Waals surface area (Å²) in [7, 11) is 1.56. The van der Waals surface area contributed by atoms with Gasteiger partial charge in [0.1, 0.15) is 5.75 Å². The number of hydrogen-bond acceptors (Lipinski definition) is 4. The number of ether oxygens (including phenoxy) is 2. The third-order valence-corrected chi connectivity index (χ3v) is 4.84. The van der Waals surface area contributed by atoms with E-state index >= 15 is 0 Å². The van der Waals surface area contributed by atoms with Crippen LogP contribution in [-0.2, 0) is 27.3 Å². The Bertz CT molecular complexity index is 949. The van der Waals surface area contributed by atoms with Crippen molar-refractivity contribution in [2.75, 3.05) is 7.11 Å². The van der Waals surface area contributed by atoms with Gasteiger partial charge in [-0.15, -0.1) is 0 Å². The first-order chi connectivity index (χ1) is 14.7. The molecule has 2 aromatic carbocycles. The maximum Gasteiger partial charge on any atom is 0.333 e. The van der Waals surface area contributed by atoms with Crippen molar-refractivity contribution >= 4 is 18.0 Å². The van der Waals surface area contributed by atoms with E-state index in [-0.39, 0.29) is 25.0 Å². The SMILES string of the molecule is COc1ccc(CC(OC(C)C)C(=O)O)cc1CNC(=O)/C(C)=C/c1ccccc1C. The number of hydrogen-bond donors (Lipinski definition) is 2. The molecule has 0 aliphatic carbocycles. The number of methoxy groups -OCH3 is 1. The standard InChI is InChI=1S/C25H31NO5/c1-16(2)31-23(25(28)29)14-19-10-11-22(30-5)21(13-19)15-26-24(27)18(4)12-20-9-7-6-8-17(20)3/h6-13,16,23H,14-15H2,1-5H3,(H,26,27)(H,28,29)/b18-12+. The largest absolute Gasteiger partial charge is 0.496 e. The lowest BCUT2D eigenvalue weighted by atomic mass is 10.0. The molecule has 166 valence electrons. The summed E-state index contributed by atoms with van der Waals surface area (Å²) in [5, 5.41) is 12.3. The third kappa shape index (κ3) is 7.26. The maximum atomic E-state index is 12.6. The minimum atomic E-state index is -1.00. The Kier molecular flexibility index (Phi) is 8.82. The van der Waals surface area contributed by atoms with Crippen molar-refractivity contribution in [2.24, 2.45) is 0 Å². The topological polar surface area (TPSA) is 84.9 Å². The van der Waals surface area contributed by atoms with Crippen molar-refractivity contribution in [1.29, 1.82) is 0 Å². The normalized spacial score (nSPS) is 12.5. The second-order valence-corrected chi connectivity index (χ2v) is 7.73. The average molecular weight is 426 g/mol. The molecule has 1 unspecified atom stereocenters. The molecule has 0 fully saturated rings. The third-order valence-electron chi connectivity index (χ3n) is 4.84. The Labute approximate surface area is 183 Å². The highest BCUT2D eigenvalue weighted by Crippen LogP contribution is 2.22. The van der Waals surface area contributed by atoms with Crippen LogP contribution in [0.1, 0.15) is 43.0 Å². The zero-order chi connectivity index (χ0) is 23.0. The van der Waals surface area contributed by atoms with Crippen LogP contribution in [0.15, 0.2) is 48.0 Å². The second kappa shape index (κ2) is 11.3. The van der Waals surface area contributed by atoms with Gasteiger partial charge in [-0.25, -0.2) is 4.79 Å². The molecular weight excluding hydrogens is 394 g/mol. The molecule has 0 aliphatic rings. The molecule has 1 amide bonds. The van der Waals surface area contributed by atoms with Gasteiger partial charge < -0.3 is 19.9 Å². The zero-order valence-corrected chi connectivity index (χ0v) is 18.8. The molecule has 0 aromatic heterocycles. The fourth-order valence-electron chi connectivity index (χ4n) is 3.20. The van der Waals surface area contributed by atoms with Crippen molar-refractivity contribution in [3.63, 3.8) is 0 Å². The molecule has 1 atom stereocenters. The minimum absolute atomic E-state index is 0.178. The van der Waals surface area contributed by atoms with Gasteiger partial charge in [0, 0.05) is 24.1 Å². The molecule has 6 nitrogen and oxygen atoms in total. The number of nitrogens with one attached hydrogen (secondary N) is 1. The molecular formula is C25H31NO5. The van der Waals surface area contributed by atoms with E-state index in [0.29, 0.717) is 11.3 Å². The Hall–Kier alpha value is -3.12. The van der Waals surface area contributed by atoms with Gasteiger partial charge in [0.25, 0.3) is 0 Å². The quantitative estimate of drug-likeness (QED) is 0.559. The van der Waals surface area contributed by atoms with E-state index in [1.165, 1.54) is 0 Å². The van der Waals surface area contributed by atoms with Gasteiger partial charge in [0.15, 0.2) is 6.10 Å². The highest BCUT2D eigenvalue weighted by atomic mass is 16.5. The summed E-state index contributed by atoms with van der Waals surface area (Å²) in [6, 6.07) is 13.3. The summed E-state index contributed by atoms with van der Waals surface area (Å²) in [6.45, 7) is 7.64. The predicted octanol–water partition coefficient (Wildman–Crippen LogP) is 4.14. The van der Waals surface area contributed by atoms with Gasteiger partial charge in [-0.3, -0.25) is 4.79 Å². The molecule has 0 saturated carbocycles. The number of carboxylic acid groups (broad SMARTS) is 1. The van der Waals surface area contributed by atoms with Crippen LogP contribution in [0.4, 0.5) is 0 Å². The number of aliphatic carboxylic acids is 1. The van der Waals surface area contributed by atoms with Crippen molar-refractivity contribution in [3.8, 4) is 5.75 Å². The lowest BCUT2D eigenvalue weighted by Gasteiger charge is -2.18. The summed E-state index contributed by atoms with van der Waals surface area (Å²) in [5.74, 6) is -0.556. The summed E-state index contributed by atoms with van der Waals surface area (Å²) in [6.07, 6.45) is 0.959.